The fourth-order valence-electron chi connectivity index (χ4n) is 0.457. The largest absolute Gasteiger partial charge is 0.397 e. The Morgan fingerprint density at radius 3 is 2.80 bits per heavy atom. The lowest BCUT2D eigenvalue weighted by Crippen LogP contribution is -1.95. The summed E-state index contributed by atoms with van der Waals surface area (Å²) >= 11 is 7.11. The van der Waals surface area contributed by atoms with E-state index in [-0.39, 0.29) is 5.15 Å². The van der Waals surface area contributed by atoms with Crippen molar-refractivity contribution in [3.05, 3.63) is 20.7 Å². The molecule has 2 N–H and O–H groups in total. The molecule has 2 nitrogen and oxygen atoms in total. The number of pyridine rings is 1. The van der Waals surface area contributed by atoms with Crippen LogP contribution in [0.3, 0.4) is 0 Å². The Kier molecular flexibility index (Phi) is 2.30. The summed E-state index contributed by atoms with van der Waals surface area (Å²) < 4.78 is 13.0. The van der Waals surface area contributed by atoms with Crippen LogP contribution in [0, 0.1) is 9.39 Å². The molecule has 0 aliphatic carbocycles. The summed E-state index contributed by atoms with van der Waals surface area (Å²) in [5, 5.41) is -0.140. The zero-order valence-electron chi connectivity index (χ0n) is 4.74. The molecular weight excluding hydrogens is 269 g/mol. The van der Waals surface area contributed by atoms with Gasteiger partial charge in [-0.2, -0.15) is 0 Å². The lowest BCUT2D eigenvalue weighted by molar-refractivity contribution is 0.615. The number of rotatable bonds is 0. The second-order valence-electron chi connectivity index (χ2n) is 1.63. The highest BCUT2D eigenvalue weighted by molar-refractivity contribution is 14.1. The van der Waals surface area contributed by atoms with Gasteiger partial charge in [-0.15, -0.1) is 0 Å². The van der Waals surface area contributed by atoms with Gasteiger partial charge in [0.1, 0.15) is 0 Å². The Hall–Kier alpha value is -0.100. The van der Waals surface area contributed by atoms with Gasteiger partial charge in [-0.05, 0) is 22.6 Å². The molecule has 0 saturated heterocycles. The van der Waals surface area contributed by atoms with E-state index in [2.05, 4.69) is 4.98 Å². The van der Waals surface area contributed by atoms with E-state index in [0.29, 0.717) is 9.26 Å². The quantitative estimate of drug-likeness (QED) is 0.580. The zero-order chi connectivity index (χ0) is 7.72. The highest BCUT2D eigenvalue weighted by Crippen LogP contribution is 2.21. The molecule has 0 unspecified atom stereocenters. The van der Waals surface area contributed by atoms with Crippen LogP contribution in [-0.2, 0) is 0 Å². The maximum absolute atomic E-state index is 12.7. The molecule has 0 atom stereocenters. The van der Waals surface area contributed by atoms with Gasteiger partial charge in [0.2, 0.25) is 0 Å². The van der Waals surface area contributed by atoms with E-state index in [0.717, 1.165) is 0 Å². The molecule has 1 heterocycles. The van der Waals surface area contributed by atoms with Crippen LogP contribution in [0.2, 0.25) is 5.15 Å². The third-order valence-electron chi connectivity index (χ3n) is 0.944. The first-order valence-electron chi connectivity index (χ1n) is 2.38. The van der Waals surface area contributed by atoms with Crippen molar-refractivity contribution < 1.29 is 4.39 Å². The van der Waals surface area contributed by atoms with Crippen LogP contribution in [0.15, 0.2) is 6.20 Å². The van der Waals surface area contributed by atoms with Gasteiger partial charge in [0.15, 0.2) is 11.0 Å². The third kappa shape index (κ3) is 1.32. The maximum Gasteiger partial charge on any atom is 0.175 e. The average Bonchev–Trinajstić information content (AvgIpc) is 1.93. The first kappa shape index (κ1) is 8.00. The van der Waals surface area contributed by atoms with Crippen LogP contribution in [0.5, 0.6) is 0 Å². The van der Waals surface area contributed by atoms with Crippen molar-refractivity contribution in [3.8, 4) is 0 Å². The number of hydrogen-bond donors (Lipinski definition) is 1. The minimum Gasteiger partial charge on any atom is -0.397 e. The van der Waals surface area contributed by atoms with E-state index < -0.39 is 5.82 Å². The number of aromatic nitrogens is 1. The average molecular weight is 272 g/mol. The molecule has 1 aromatic rings. The van der Waals surface area contributed by atoms with Crippen LogP contribution in [-0.4, -0.2) is 4.98 Å². The van der Waals surface area contributed by atoms with Gasteiger partial charge in [0.25, 0.3) is 0 Å². The molecule has 10 heavy (non-hydrogen) atoms. The number of nitrogen functional groups attached to an aromatic ring is 1. The van der Waals surface area contributed by atoms with Crippen LogP contribution in [0.1, 0.15) is 0 Å². The number of nitrogens with two attached hydrogens (primary N) is 1. The van der Waals surface area contributed by atoms with E-state index in [1.165, 1.54) is 6.20 Å². The Morgan fingerprint density at radius 2 is 2.30 bits per heavy atom. The van der Waals surface area contributed by atoms with Gasteiger partial charge in [-0.1, -0.05) is 11.6 Å². The summed E-state index contributed by atoms with van der Waals surface area (Å²) in [6.45, 7) is 0. The number of anilines is 1. The molecule has 0 aromatic carbocycles. The highest BCUT2D eigenvalue weighted by atomic mass is 127. The maximum atomic E-state index is 12.7. The molecule has 0 amide bonds. The van der Waals surface area contributed by atoms with Gasteiger partial charge < -0.3 is 5.73 Å². The molecule has 0 bridgehead atoms. The fraction of sp³-hybridized carbons (Fsp3) is 0. The SMILES string of the molecule is Nc1cnc(Cl)c(F)c1I. The van der Waals surface area contributed by atoms with Gasteiger partial charge in [0, 0.05) is 0 Å². The minimum absolute atomic E-state index is 0.140. The Bertz CT molecular complexity index is 239. The summed E-state index contributed by atoms with van der Waals surface area (Å²) in [5.41, 5.74) is 5.63. The van der Waals surface area contributed by atoms with Crippen LogP contribution in [0.25, 0.3) is 0 Å². The number of hydrogen-bond acceptors (Lipinski definition) is 2. The molecule has 0 spiro atoms. The minimum atomic E-state index is -0.553. The Labute approximate surface area is 75.7 Å². The summed E-state index contributed by atoms with van der Waals surface area (Å²) in [6.07, 6.45) is 1.33. The summed E-state index contributed by atoms with van der Waals surface area (Å²) in [4.78, 5) is 3.50. The molecule has 54 valence electrons. The van der Waals surface area contributed by atoms with Crippen molar-refractivity contribution in [2.24, 2.45) is 0 Å². The Morgan fingerprint density at radius 1 is 1.70 bits per heavy atom. The Balaban J connectivity index is 3.34. The molecule has 1 rings (SSSR count). The lowest BCUT2D eigenvalue weighted by Gasteiger charge is -1.98. The normalized spacial score (nSPS) is 9.90. The van der Waals surface area contributed by atoms with Gasteiger partial charge in [-0.3, -0.25) is 0 Å². The van der Waals surface area contributed by atoms with Gasteiger partial charge in [0.05, 0.1) is 15.5 Å². The lowest BCUT2D eigenvalue weighted by atomic mass is 10.4. The van der Waals surface area contributed by atoms with E-state index in [9.17, 15) is 4.39 Å². The predicted molar refractivity (Wildman–Crippen MR) is 46.3 cm³/mol. The summed E-state index contributed by atoms with van der Waals surface area (Å²) in [6, 6.07) is 0. The molecule has 0 aliphatic heterocycles. The monoisotopic (exact) mass is 272 g/mol. The topological polar surface area (TPSA) is 38.9 Å². The van der Waals surface area contributed by atoms with E-state index in [1.54, 1.807) is 22.6 Å². The smallest absolute Gasteiger partial charge is 0.175 e. The molecular formula is C5H3ClFIN2. The van der Waals surface area contributed by atoms with Crippen molar-refractivity contribution in [1.82, 2.24) is 4.98 Å². The molecule has 1 aromatic heterocycles. The van der Waals surface area contributed by atoms with E-state index >= 15 is 0 Å². The summed E-state index contributed by atoms with van der Waals surface area (Å²) in [7, 11) is 0. The van der Waals surface area contributed by atoms with Crippen LogP contribution < -0.4 is 5.73 Å². The number of nitrogens with zero attached hydrogens (tertiary/aromatic N) is 1. The molecule has 0 aliphatic rings. The van der Waals surface area contributed by atoms with E-state index in [1.807, 2.05) is 0 Å². The van der Waals surface area contributed by atoms with Crippen molar-refractivity contribution in [3.63, 3.8) is 0 Å². The first-order chi connectivity index (χ1) is 4.63. The molecule has 0 saturated carbocycles. The summed E-state index contributed by atoms with van der Waals surface area (Å²) in [5.74, 6) is -0.553. The predicted octanol–water partition coefficient (Wildman–Crippen LogP) is 2.06. The zero-order valence-corrected chi connectivity index (χ0v) is 7.65. The molecule has 0 fully saturated rings. The van der Waals surface area contributed by atoms with Crippen LogP contribution in [0.4, 0.5) is 10.1 Å². The van der Waals surface area contributed by atoms with Crippen molar-refractivity contribution in [1.29, 1.82) is 0 Å². The van der Waals surface area contributed by atoms with Crippen molar-refractivity contribution in [2.75, 3.05) is 5.73 Å². The fourth-order valence-corrected chi connectivity index (χ4v) is 1.15. The molecule has 0 radical (unpaired) electrons. The third-order valence-corrected chi connectivity index (χ3v) is 2.30. The van der Waals surface area contributed by atoms with Crippen molar-refractivity contribution >= 4 is 39.9 Å². The van der Waals surface area contributed by atoms with E-state index in [4.69, 9.17) is 17.3 Å². The standard InChI is InChI=1S/C5H3ClFIN2/c6-5-3(7)4(8)2(9)1-10-5/h1H,9H2. The van der Waals surface area contributed by atoms with Gasteiger partial charge >= 0.3 is 0 Å². The second-order valence-corrected chi connectivity index (χ2v) is 3.07. The molecule has 5 heteroatoms. The van der Waals surface area contributed by atoms with Gasteiger partial charge in [-0.25, -0.2) is 9.37 Å². The number of halogens is 3. The first-order valence-corrected chi connectivity index (χ1v) is 3.83. The second kappa shape index (κ2) is 2.87. The van der Waals surface area contributed by atoms with Crippen molar-refractivity contribution in [2.45, 2.75) is 0 Å². The highest BCUT2D eigenvalue weighted by Gasteiger charge is 2.07. The van der Waals surface area contributed by atoms with Crippen LogP contribution >= 0.6 is 34.2 Å².